The minimum Gasteiger partial charge on any atom is -0.465 e. The molecule has 7 nitrogen and oxygen atoms in total. The number of para-hydroxylation sites is 1. The minimum atomic E-state index is -1.32. The van der Waals surface area contributed by atoms with E-state index in [1.165, 1.54) is 0 Å². The number of anilines is 1. The van der Waals surface area contributed by atoms with Crippen molar-refractivity contribution < 1.29 is 24.5 Å². The van der Waals surface area contributed by atoms with Gasteiger partial charge in [-0.25, -0.2) is 4.79 Å². The van der Waals surface area contributed by atoms with Crippen molar-refractivity contribution in [1.82, 2.24) is 5.32 Å². The van der Waals surface area contributed by atoms with Gasteiger partial charge in [-0.15, -0.1) is 0 Å². The van der Waals surface area contributed by atoms with Crippen LogP contribution in [-0.2, 0) is 4.79 Å². The predicted molar refractivity (Wildman–Crippen MR) is 88.2 cm³/mol. The number of carboxylic acid groups (broad SMARTS) is 1. The third kappa shape index (κ3) is 5.29. The highest BCUT2D eigenvalue weighted by Crippen LogP contribution is 2.22. The number of aliphatic hydroxyl groups excluding tert-OH is 1. The molecule has 0 fully saturated rings. The number of benzene rings is 2. The summed E-state index contributed by atoms with van der Waals surface area (Å²) in [7, 11) is 0. The van der Waals surface area contributed by atoms with Gasteiger partial charge in [0.05, 0.1) is 0 Å². The summed E-state index contributed by atoms with van der Waals surface area (Å²) < 4.78 is 5.64. The number of ether oxygens (including phenoxy) is 1. The normalized spacial score (nSPS) is 11.4. The Morgan fingerprint density at radius 1 is 1.00 bits per heavy atom. The number of amides is 2. The second-order valence-corrected chi connectivity index (χ2v) is 4.94. The van der Waals surface area contributed by atoms with E-state index in [-0.39, 0.29) is 13.0 Å². The lowest BCUT2D eigenvalue weighted by Crippen LogP contribution is -2.43. The lowest BCUT2D eigenvalue weighted by atomic mass is 10.2. The van der Waals surface area contributed by atoms with Crippen LogP contribution in [0.3, 0.4) is 0 Å². The fourth-order valence-electron chi connectivity index (χ4n) is 2.01. The zero-order valence-electron chi connectivity index (χ0n) is 12.8. The second-order valence-electron chi connectivity index (χ2n) is 4.94. The molecule has 0 bridgehead atoms. The van der Waals surface area contributed by atoms with Crippen molar-refractivity contribution in [3.05, 3.63) is 54.6 Å². The average molecular weight is 330 g/mol. The molecule has 0 spiro atoms. The summed E-state index contributed by atoms with van der Waals surface area (Å²) in [6.07, 6.45) is -1.33. The molecule has 24 heavy (non-hydrogen) atoms. The Balaban J connectivity index is 1.97. The van der Waals surface area contributed by atoms with Gasteiger partial charge in [0.15, 0.2) is 0 Å². The Hall–Kier alpha value is -3.06. The van der Waals surface area contributed by atoms with Crippen LogP contribution in [0.25, 0.3) is 0 Å². The maximum Gasteiger partial charge on any atom is 0.405 e. The molecule has 2 aromatic rings. The summed E-state index contributed by atoms with van der Waals surface area (Å²) in [4.78, 5) is 22.7. The van der Waals surface area contributed by atoms with E-state index in [0.717, 1.165) is 0 Å². The Morgan fingerprint density at radius 2 is 1.62 bits per heavy atom. The summed E-state index contributed by atoms with van der Waals surface area (Å²) in [6.45, 7) is -0.303. The Kier molecular flexibility index (Phi) is 6.16. The average Bonchev–Trinajstić information content (AvgIpc) is 2.57. The van der Waals surface area contributed by atoms with E-state index in [0.29, 0.717) is 17.2 Å². The molecule has 0 heterocycles. The molecule has 7 heteroatoms. The molecule has 2 amide bonds. The highest BCUT2D eigenvalue weighted by Gasteiger charge is 2.19. The molecule has 0 aromatic heterocycles. The SMILES string of the molecule is O=C(O)NC(CCO)C(=O)Nc1ccc(Oc2ccccc2)cc1. The van der Waals surface area contributed by atoms with E-state index in [1.54, 1.807) is 24.3 Å². The maximum absolute atomic E-state index is 12.0. The predicted octanol–water partition coefficient (Wildman–Crippen LogP) is 2.44. The quantitative estimate of drug-likeness (QED) is 0.623. The monoisotopic (exact) mass is 330 g/mol. The standard InChI is InChI=1S/C17H18N2O5/c20-11-10-15(19-17(22)23)16(21)18-12-6-8-14(9-7-12)24-13-4-2-1-3-5-13/h1-9,15,19-20H,10-11H2,(H,18,21)(H,22,23). The largest absolute Gasteiger partial charge is 0.465 e. The zero-order valence-corrected chi connectivity index (χ0v) is 12.8. The topological polar surface area (TPSA) is 108 Å². The van der Waals surface area contributed by atoms with Gasteiger partial charge in [-0.1, -0.05) is 18.2 Å². The third-order valence-electron chi connectivity index (χ3n) is 3.13. The number of hydrogen-bond donors (Lipinski definition) is 4. The molecule has 1 unspecified atom stereocenters. The summed E-state index contributed by atoms with van der Waals surface area (Å²) in [6, 6.07) is 14.9. The highest BCUT2D eigenvalue weighted by atomic mass is 16.5. The summed E-state index contributed by atoms with van der Waals surface area (Å²) in [5.41, 5.74) is 0.496. The van der Waals surface area contributed by atoms with Crippen LogP contribution >= 0.6 is 0 Å². The molecule has 0 saturated heterocycles. The van der Waals surface area contributed by atoms with Crippen molar-refractivity contribution in [3.8, 4) is 11.5 Å². The van der Waals surface area contributed by atoms with Crippen LogP contribution < -0.4 is 15.4 Å². The van der Waals surface area contributed by atoms with E-state index < -0.39 is 18.0 Å². The van der Waals surface area contributed by atoms with E-state index in [4.69, 9.17) is 14.9 Å². The van der Waals surface area contributed by atoms with Crippen molar-refractivity contribution in [1.29, 1.82) is 0 Å². The fraction of sp³-hybridized carbons (Fsp3) is 0.176. The Labute approximate surface area is 138 Å². The van der Waals surface area contributed by atoms with Gasteiger partial charge in [0, 0.05) is 12.3 Å². The summed E-state index contributed by atoms with van der Waals surface area (Å²) in [5, 5.41) is 22.3. The number of carbonyl (C=O) groups is 2. The van der Waals surface area contributed by atoms with E-state index in [2.05, 4.69) is 10.6 Å². The van der Waals surface area contributed by atoms with Crippen molar-refractivity contribution in [2.24, 2.45) is 0 Å². The minimum absolute atomic E-state index is 0.00661. The molecule has 126 valence electrons. The van der Waals surface area contributed by atoms with E-state index >= 15 is 0 Å². The molecule has 0 aliphatic carbocycles. The van der Waals surface area contributed by atoms with Crippen LogP contribution in [0, 0.1) is 0 Å². The highest BCUT2D eigenvalue weighted by molar-refractivity contribution is 5.96. The van der Waals surface area contributed by atoms with Crippen molar-refractivity contribution in [2.75, 3.05) is 11.9 Å². The number of rotatable bonds is 7. The smallest absolute Gasteiger partial charge is 0.405 e. The maximum atomic E-state index is 12.0. The fourth-order valence-corrected chi connectivity index (χ4v) is 2.01. The molecule has 1 atom stereocenters. The van der Waals surface area contributed by atoms with Gasteiger partial charge in [-0.2, -0.15) is 0 Å². The van der Waals surface area contributed by atoms with Crippen LogP contribution in [0.4, 0.5) is 10.5 Å². The first-order valence-electron chi connectivity index (χ1n) is 7.32. The van der Waals surface area contributed by atoms with Gasteiger partial charge < -0.3 is 25.6 Å². The molecule has 0 saturated carbocycles. The van der Waals surface area contributed by atoms with E-state index in [1.807, 2.05) is 30.3 Å². The zero-order chi connectivity index (χ0) is 17.4. The second kappa shape index (κ2) is 8.54. The third-order valence-corrected chi connectivity index (χ3v) is 3.13. The van der Waals surface area contributed by atoms with Crippen LogP contribution in [0.2, 0.25) is 0 Å². The van der Waals surface area contributed by atoms with Crippen molar-refractivity contribution in [3.63, 3.8) is 0 Å². The van der Waals surface area contributed by atoms with Crippen LogP contribution in [-0.4, -0.2) is 34.9 Å². The summed E-state index contributed by atoms with van der Waals surface area (Å²) in [5.74, 6) is 0.765. The van der Waals surface area contributed by atoms with E-state index in [9.17, 15) is 9.59 Å². The Morgan fingerprint density at radius 3 is 2.21 bits per heavy atom. The van der Waals surface area contributed by atoms with Gasteiger partial charge in [-0.3, -0.25) is 4.79 Å². The van der Waals surface area contributed by atoms with Crippen molar-refractivity contribution in [2.45, 2.75) is 12.5 Å². The first-order valence-corrected chi connectivity index (χ1v) is 7.32. The van der Waals surface area contributed by atoms with Gasteiger partial charge in [0.25, 0.3) is 0 Å². The molecular weight excluding hydrogens is 312 g/mol. The molecule has 4 N–H and O–H groups in total. The van der Waals surface area contributed by atoms with Crippen LogP contribution in [0.1, 0.15) is 6.42 Å². The lowest BCUT2D eigenvalue weighted by Gasteiger charge is -2.15. The number of aliphatic hydroxyl groups is 1. The first kappa shape index (κ1) is 17.3. The van der Waals surface area contributed by atoms with Gasteiger partial charge in [-0.05, 0) is 42.8 Å². The molecule has 0 radical (unpaired) electrons. The molecule has 0 aliphatic rings. The van der Waals surface area contributed by atoms with Crippen LogP contribution in [0.15, 0.2) is 54.6 Å². The molecule has 2 rings (SSSR count). The molecule has 0 aliphatic heterocycles. The lowest BCUT2D eigenvalue weighted by molar-refractivity contribution is -0.118. The summed E-state index contributed by atoms with van der Waals surface area (Å²) >= 11 is 0. The van der Waals surface area contributed by atoms with Gasteiger partial charge in [0.2, 0.25) is 5.91 Å². The molecule has 2 aromatic carbocycles. The van der Waals surface area contributed by atoms with Gasteiger partial charge >= 0.3 is 6.09 Å². The van der Waals surface area contributed by atoms with Crippen LogP contribution in [0.5, 0.6) is 11.5 Å². The number of hydrogen-bond acceptors (Lipinski definition) is 4. The Bertz CT molecular complexity index is 673. The number of nitrogens with one attached hydrogen (secondary N) is 2. The van der Waals surface area contributed by atoms with Gasteiger partial charge in [0.1, 0.15) is 17.5 Å². The van der Waals surface area contributed by atoms with Crippen molar-refractivity contribution >= 4 is 17.7 Å². The number of carbonyl (C=O) groups excluding carboxylic acids is 1. The molecular formula is C17H18N2O5. The first-order chi connectivity index (χ1) is 11.6.